The van der Waals surface area contributed by atoms with Crippen molar-refractivity contribution in [3.8, 4) is 0 Å². The van der Waals surface area contributed by atoms with E-state index >= 15 is 0 Å². The van der Waals surface area contributed by atoms with Crippen LogP contribution in [0.2, 0.25) is 0 Å². The number of hydrogen-bond donors (Lipinski definition) is 1. The summed E-state index contributed by atoms with van der Waals surface area (Å²) < 4.78 is 1.87. The highest BCUT2D eigenvalue weighted by molar-refractivity contribution is 7.51. The lowest BCUT2D eigenvalue weighted by molar-refractivity contribution is -0.123. The molecule has 0 saturated carbocycles. The monoisotopic (exact) mass is 422 g/mol. The van der Waals surface area contributed by atoms with Gasteiger partial charge in [-0.05, 0) is 39.8 Å². The Morgan fingerprint density at radius 1 is 1.30 bits per heavy atom. The second-order valence-electron chi connectivity index (χ2n) is 8.87. The van der Waals surface area contributed by atoms with Crippen LogP contribution >= 0.6 is 8.58 Å². The van der Waals surface area contributed by atoms with Crippen LogP contribution in [0.25, 0.3) is 10.8 Å². The van der Waals surface area contributed by atoms with Gasteiger partial charge in [-0.25, -0.2) is 4.52 Å². The number of amides is 1. The molecule has 2 aromatic rings. The summed E-state index contributed by atoms with van der Waals surface area (Å²) in [4.78, 5) is 21.8. The summed E-state index contributed by atoms with van der Waals surface area (Å²) in [6.45, 7) is 11.2. The van der Waals surface area contributed by atoms with E-state index in [9.17, 15) is 4.79 Å². The SMILES string of the molecule is Cc1cn2nc(C3=CC(=O)N4C=C(N5CCNC(C)(C)C5)C=CC4P3)cc2c(C)n1. The van der Waals surface area contributed by atoms with Gasteiger partial charge in [-0.2, -0.15) is 5.10 Å². The average molecular weight is 422 g/mol. The fourth-order valence-electron chi connectivity index (χ4n) is 4.38. The van der Waals surface area contributed by atoms with Crippen molar-refractivity contribution >= 4 is 25.3 Å². The number of nitrogens with one attached hydrogen (secondary N) is 1. The second kappa shape index (κ2) is 7.03. The Labute approximate surface area is 178 Å². The van der Waals surface area contributed by atoms with Crippen LogP contribution in [0.15, 0.2) is 42.4 Å². The number of aromatic nitrogens is 3. The first kappa shape index (κ1) is 19.5. The predicted octanol–water partition coefficient (Wildman–Crippen LogP) is 2.63. The molecule has 0 bridgehead atoms. The van der Waals surface area contributed by atoms with Gasteiger partial charge in [0.15, 0.2) is 0 Å². The molecule has 5 heterocycles. The maximum absolute atomic E-state index is 13.0. The zero-order valence-electron chi connectivity index (χ0n) is 17.8. The smallest absolute Gasteiger partial charge is 0.252 e. The molecule has 5 rings (SSSR count). The topological polar surface area (TPSA) is 65.8 Å². The summed E-state index contributed by atoms with van der Waals surface area (Å²) in [6.07, 6.45) is 10.0. The van der Waals surface area contributed by atoms with Gasteiger partial charge >= 0.3 is 0 Å². The number of piperazine rings is 1. The van der Waals surface area contributed by atoms with Gasteiger partial charge in [0.1, 0.15) is 0 Å². The first-order valence-corrected chi connectivity index (χ1v) is 11.4. The molecular weight excluding hydrogens is 395 g/mol. The van der Waals surface area contributed by atoms with Gasteiger partial charge in [0.2, 0.25) is 0 Å². The van der Waals surface area contributed by atoms with E-state index in [2.05, 4.69) is 41.2 Å². The minimum absolute atomic E-state index is 0.0214. The Bertz CT molecular complexity index is 1130. The van der Waals surface area contributed by atoms with Gasteiger partial charge in [0.05, 0.1) is 40.3 Å². The molecule has 0 aliphatic carbocycles. The van der Waals surface area contributed by atoms with Crippen LogP contribution < -0.4 is 5.32 Å². The molecule has 0 spiro atoms. The molecule has 3 aliphatic rings. The Hall–Kier alpha value is -2.50. The summed E-state index contributed by atoms with van der Waals surface area (Å²) in [5, 5.41) is 9.27. The van der Waals surface area contributed by atoms with E-state index in [4.69, 9.17) is 5.10 Å². The van der Waals surface area contributed by atoms with E-state index in [1.807, 2.05) is 41.7 Å². The van der Waals surface area contributed by atoms with E-state index in [1.165, 1.54) is 0 Å². The maximum atomic E-state index is 13.0. The first-order chi connectivity index (χ1) is 14.3. The standard InChI is InChI=1S/C22H27N6OP/c1-14-11-28-18(15(2)24-14)9-17(25-28)19-10-20(29)27-12-16(5-6-21(27)30-19)26-8-7-23-22(3,4)13-26/h5-6,9-12,21,23,30H,7-8,13H2,1-4H3. The van der Waals surface area contributed by atoms with Crippen LogP contribution in [-0.4, -0.2) is 61.3 Å². The van der Waals surface area contributed by atoms with Gasteiger partial charge in [-0.3, -0.25) is 9.78 Å². The zero-order valence-corrected chi connectivity index (χ0v) is 18.8. The molecule has 1 fully saturated rings. The van der Waals surface area contributed by atoms with Crippen molar-refractivity contribution in [3.63, 3.8) is 0 Å². The van der Waals surface area contributed by atoms with Crippen molar-refractivity contribution in [2.75, 3.05) is 19.6 Å². The molecule has 2 aromatic heterocycles. The molecule has 1 N–H and O–H groups in total. The quantitative estimate of drug-likeness (QED) is 0.754. The third-order valence-corrected chi connectivity index (χ3v) is 7.30. The van der Waals surface area contributed by atoms with E-state index in [0.29, 0.717) is 8.58 Å². The first-order valence-electron chi connectivity index (χ1n) is 10.3. The van der Waals surface area contributed by atoms with Crippen LogP contribution in [0.3, 0.4) is 0 Å². The van der Waals surface area contributed by atoms with Crippen molar-refractivity contribution in [3.05, 3.63) is 59.5 Å². The van der Waals surface area contributed by atoms with E-state index < -0.39 is 0 Å². The minimum atomic E-state index is 0.0214. The highest BCUT2D eigenvalue weighted by atomic mass is 31.1. The number of rotatable bonds is 2. The summed E-state index contributed by atoms with van der Waals surface area (Å²) in [5.74, 6) is 0.0797. The fourth-order valence-corrected chi connectivity index (χ4v) is 5.71. The fraction of sp³-hybridized carbons (Fsp3) is 0.409. The Kier molecular flexibility index (Phi) is 4.56. The summed E-state index contributed by atoms with van der Waals surface area (Å²) in [6, 6.07) is 2.04. The highest BCUT2D eigenvalue weighted by Crippen LogP contribution is 2.44. The number of nitrogens with zero attached hydrogens (tertiary/aromatic N) is 5. The molecule has 0 radical (unpaired) electrons. The minimum Gasteiger partial charge on any atom is -0.367 e. The molecule has 2 atom stereocenters. The van der Waals surface area contributed by atoms with Crippen LogP contribution in [0, 0.1) is 13.8 Å². The van der Waals surface area contributed by atoms with E-state index in [0.717, 1.165) is 53.2 Å². The number of carbonyl (C=O) groups is 1. The number of allylic oxidation sites excluding steroid dienone is 1. The Morgan fingerprint density at radius 3 is 2.93 bits per heavy atom. The largest absolute Gasteiger partial charge is 0.367 e. The van der Waals surface area contributed by atoms with Crippen molar-refractivity contribution in [2.45, 2.75) is 39.0 Å². The molecule has 7 nitrogen and oxygen atoms in total. The molecule has 2 unspecified atom stereocenters. The number of aryl methyl sites for hydroxylation is 2. The van der Waals surface area contributed by atoms with Crippen molar-refractivity contribution in [1.29, 1.82) is 0 Å². The van der Waals surface area contributed by atoms with Gasteiger partial charge in [-0.1, -0.05) is 14.7 Å². The van der Waals surface area contributed by atoms with Crippen molar-refractivity contribution in [1.82, 2.24) is 29.7 Å². The third kappa shape index (κ3) is 3.46. The van der Waals surface area contributed by atoms with Gasteiger partial charge < -0.3 is 15.1 Å². The second-order valence-corrected chi connectivity index (χ2v) is 10.3. The van der Waals surface area contributed by atoms with Crippen LogP contribution in [0.1, 0.15) is 30.9 Å². The van der Waals surface area contributed by atoms with Gasteiger partial charge in [0.25, 0.3) is 5.91 Å². The maximum Gasteiger partial charge on any atom is 0.252 e. The molecule has 8 heteroatoms. The summed E-state index contributed by atoms with van der Waals surface area (Å²) in [7, 11) is 0.460. The molecule has 1 amide bonds. The average Bonchev–Trinajstić information content (AvgIpc) is 3.11. The molecule has 30 heavy (non-hydrogen) atoms. The van der Waals surface area contributed by atoms with Crippen LogP contribution in [-0.2, 0) is 4.79 Å². The van der Waals surface area contributed by atoms with Crippen LogP contribution in [0.5, 0.6) is 0 Å². The highest BCUT2D eigenvalue weighted by Gasteiger charge is 2.32. The molecule has 156 valence electrons. The predicted molar refractivity (Wildman–Crippen MR) is 120 cm³/mol. The molecule has 0 aromatic carbocycles. The Morgan fingerprint density at radius 2 is 2.13 bits per heavy atom. The number of carbonyl (C=O) groups excluding carboxylic acids is 1. The Balaban J connectivity index is 1.42. The van der Waals surface area contributed by atoms with E-state index in [1.54, 1.807) is 6.08 Å². The molecule has 1 saturated heterocycles. The zero-order chi connectivity index (χ0) is 21.0. The lowest BCUT2D eigenvalue weighted by Crippen LogP contribution is -2.56. The van der Waals surface area contributed by atoms with Crippen LogP contribution in [0.4, 0.5) is 0 Å². The van der Waals surface area contributed by atoms with E-state index in [-0.39, 0.29) is 17.2 Å². The normalized spacial score (nSPS) is 24.3. The lowest BCUT2D eigenvalue weighted by atomic mass is 10.0. The van der Waals surface area contributed by atoms with Crippen molar-refractivity contribution in [2.24, 2.45) is 0 Å². The number of fused-ring (bicyclic) bond motifs is 2. The number of hydrogen-bond acceptors (Lipinski definition) is 5. The molecular formula is C22H27N6OP. The lowest BCUT2D eigenvalue weighted by Gasteiger charge is -2.43. The third-order valence-electron chi connectivity index (χ3n) is 5.82. The van der Waals surface area contributed by atoms with Gasteiger partial charge in [0, 0.05) is 42.8 Å². The summed E-state index contributed by atoms with van der Waals surface area (Å²) in [5.41, 5.74) is 4.91. The summed E-state index contributed by atoms with van der Waals surface area (Å²) >= 11 is 0. The van der Waals surface area contributed by atoms with Gasteiger partial charge in [-0.15, -0.1) is 0 Å². The van der Waals surface area contributed by atoms with Crippen molar-refractivity contribution < 1.29 is 4.79 Å². The molecule has 3 aliphatic heterocycles.